The van der Waals surface area contributed by atoms with Crippen LogP contribution in [0.1, 0.15) is 42.4 Å². The minimum absolute atomic E-state index is 0.118. The highest BCUT2D eigenvalue weighted by Crippen LogP contribution is 2.33. The van der Waals surface area contributed by atoms with Gasteiger partial charge < -0.3 is 20.1 Å². The maximum Gasteiger partial charge on any atom is 0.340 e. The first-order valence-electron chi connectivity index (χ1n) is 10.7. The zero-order valence-electron chi connectivity index (χ0n) is 18.5. The average Bonchev–Trinajstić information content (AvgIpc) is 3.19. The lowest BCUT2D eigenvalue weighted by Crippen LogP contribution is -2.21. The van der Waals surface area contributed by atoms with Crippen molar-refractivity contribution >= 4 is 43.7 Å². The number of carboxylic acids is 1. The van der Waals surface area contributed by atoms with E-state index in [-0.39, 0.29) is 11.3 Å². The Morgan fingerprint density at radius 1 is 1.06 bits per heavy atom. The third kappa shape index (κ3) is 5.11. The third-order valence-electron chi connectivity index (χ3n) is 5.58. The van der Waals surface area contributed by atoms with Crippen LogP contribution in [-0.4, -0.2) is 50.7 Å². The van der Waals surface area contributed by atoms with Gasteiger partial charge in [0.25, 0.3) is 0 Å². The maximum atomic E-state index is 11.7. The Bertz CT molecular complexity index is 1230. The highest BCUT2D eigenvalue weighted by atomic mass is 79.9. The summed E-state index contributed by atoms with van der Waals surface area (Å²) >= 11 is 3.38. The Kier molecular flexibility index (Phi) is 7.88. The quantitative estimate of drug-likeness (QED) is 0.312. The topological polar surface area (TPSA) is 89.5 Å². The maximum absolute atomic E-state index is 11.7. The average molecular weight is 498 g/mol. The van der Waals surface area contributed by atoms with E-state index in [4.69, 9.17) is 0 Å². The lowest BCUT2D eigenvalue weighted by molar-refractivity contribution is 0.0695. The molecule has 0 amide bonds. The minimum Gasteiger partial charge on any atom is -0.505 e. The summed E-state index contributed by atoms with van der Waals surface area (Å²) in [4.78, 5) is 21.7. The molecule has 6 nitrogen and oxygen atoms in total. The van der Waals surface area contributed by atoms with Crippen LogP contribution in [0.2, 0.25) is 0 Å². The number of nitrogens with one attached hydrogen (secondary N) is 1. The summed E-state index contributed by atoms with van der Waals surface area (Å²) in [6.07, 6.45) is 2.19. The van der Waals surface area contributed by atoms with Crippen molar-refractivity contribution in [2.75, 3.05) is 19.6 Å². The number of hydrogen-bond acceptors (Lipinski definition) is 4. The minimum atomic E-state index is -1.17. The van der Waals surface area contributed by atoms with Crippen molar-refractivity contribution in [2.45, 2.75) is 27.2 Å². The van der Waals surface area contributed by atoms with E-state index in [1.807, 2.05) is 30.5 Å². The van der Waals surface area contributed by atoms with E-state index in [9.17, 15) is 15.0 Å². The molecule has 0 radical (unpaired) electrons. The number of aromatic nitrogens is 2. The number of para-hydroxylation sites is 1. The molecule has 2 heterocycles. The largest absolute Gasteiger partial charge is 0.505 e. The summed E-state index contributed by atoms with van der Waals surface area (Å²) in [6, 6.07) is 12.9. The van der Waals surface area contributed by atoms with Crippen LogP contribution in [0.5, 0.6) is 5.75 Å². The van der Waals surface area contributed by atoms with Crippen molar-refractivity contribution in [3.63, 3.8) is 0 Å². The second kappa shape index (κ2) is 10.6. The van der Waals surface area contributed by atoms with Crippen LogP contribution in [0.3, 0.4) is 0 Å². The van der Waals surface area contributed by atoms with Crippen LogP contribution < -0.4 is 0 Å². The van der Waals surface area contributed by atoms with Gasteiger partial charge in [0.15, 0.2) is 5.75 Å². The van der Waals surface area contributed by atoms with Gasteiger partial charge in [-0.15, -0.1) is 0 Å². The number of pyridine rings is 1. The second-order valence-corrected chi connectivity index (χ2v) is 8.32. The Morgan fingerprint density at radius 2 is 1.75 bits per heavy atom. The van der Waals surface area contributed by atoms with Crippen LogP contribution in [0, 0.1) is 0 Å². The number of hydrogen-bond donors (Lipinski definition) is 3. The Balaban J connectivity index is 0.000000360. The normalized spacial score (nSPS) is 11.0. The van der Waals surface area contributed by atoms with Crippen molar-refractivity contribution < 1.29 is 15.0 Å². The molecule has 0 aliphatic heterocycles. The molecule has 0 aliphatic rings. The van der Waals surface area contributed by atoms with Gasteiger partial charge in [-0.25, -0.2) is 9.78 Å². The van der Waals surface area contributed by atoms with E-state index in [1.54, 1.807) is 18.2 Å². The van der Waals surface area contributed by atoms with E-state index < -0.39 is 5.97 Å². The number of aromatic hydroxyl groups is 1. The molecule has 0 saturated carbocycles. The second-order valence-electron chi connectivity index (χ2n) is 7.40. The first kappa shape index (κ1) is 23.8. The molecule has 0 unspecified atom stereocenters. The summed E-state index contributed by atoms with van der Waals surface area (Å²) in [6.45, 7) is 10.1. The van der Waals surface area contributed by atoms with Crippen LogP contribution in [-0.2, 0) is 6.42 Å². The van der Waals surface area contributed by atoms with E-state index >= 15 is 0 Å². The summed E-state index contributed by atoms with van der Waals surface area (Å²) in [5.41, 5.74) is 2.68. The summed E-state index contributed by atoms with van der Waals surface area (Å²) in [5, 5.41) is 21.5. The van der Waals surface area contributed by atoms with Gasteiger partial charge in [-0.05, 0) is 43.4 Å². The van der Waals surface area contributed by atoms with Crippen molar-refractivity contribution in [1.29, 1.82) is 0 Å². The summed E-state index contributed by atoms with van der Waals surface area (Å²) in [5.74, 6) is -1.46. The molecule has 2 aromatic carbocycles. The number of fused-ring (bicyclic) bond motifs is 2. The zero-order valence-corrected chi connectivity index (χ0v) is 20.1. The smallest absolute Gasteiger partial charge is 0.340 e. The molecular formula is C25H28BrN3O3. The number of carboxylic acid groups (broad SMARTS) is 1. The molecule has 0 aliphatic carbocycles. The number of aromatic carboxylic acids is 1. The fourth-order valence-electron chi connectivity index (χ4n) is 3.75. The number of halogens is 1. The zero-order chi connectivity index (χ0) is 23.3. The number of rotatable bonds is 6. The third-order valence-corrected chi connectivity index (χ3v) is 6.08. The van der Waals surface area contributed by atoms with Gasteiger partial charge in [-0.3, -0.25) is 0 Å². The van der Waals surface area contributed by atoms with E-state index in [2.05, 4.69) is 51.6 Å². The van der Waals surface area contributed by atoms with Crippen LogP contribution >= 0.6 is 15.9 Å². The Morgan fingerprint density at radius 3 is 2.38 bits per heavy atom. The van der Waals surface area contributed by atoms with E-state index in [1.165, 1.54) is 19.6 Å². The molecule has 7 heteroatoms. The van der Waals surface area contributed by atoms with Crippen molar-refractivity contribution in [3.05, 3.63) is 70.0 Å². The van der Waals surface area contributed by atoms with Gasteiger partial charge in [0.1, 0.15) is 5.56 Å². The predicted octanol–water partition coefficient (Wildman–Crippen LogP) is 5.82. The summed E-state index contributed by atoms with van der Waals surface area (Å²) < 4.78 is 0.799. The number of carbonyl (C=O) groups is 1. The number of nitrogens with zero attached hydrogens (tertiary/aromatic N) is 2. The van der Waals surface area contributed by atoms with E-state index in [0.717, 1.165) is 20.9 Å². The molecule has 168 valence electrons. The van der Waals surface area contributed by atoms with Crippen molar-refractivity contribution in [1.82, 2.24) is 14.9 Å². The van der Waals surface area contributed by atoms with Crippen LogP contribution in [0.15, 0.2) is 53.1 Å². The van der Waals surface area contributed by atoms with Gasteiger partial charge in [0.05, 0.1) is 11.2 Å². The van der Waals surface area contributed by atoms with Crippen LogP contribution in [0.25, 0.3) is 21.8 Å². The number of H-pyrrole nitrogens is 1. The molecular weight excluding hydrogens is 470 g/mol. The fraction of sp³-hybridized carbons (Fsp3) is 0.280. The van der Waals surface area contributed by atoms with Gasteiger partial charge in [-0.2, -0.15) is 0 Å². The van der Waals surface area contributed by atoms with Gasteiger partial charge in [-0.1, -0.05) is 61.0 Å². The van der Waals surface area contributed by atoms with Gasteiger partial charge >= 0.3 is 5.97 Å². The molecule has 3 N–H and O–H groups in total. The molecule has 32 heavy (non-hydrogen) atoms. The molecule has 0 spiro atoms. The molecule has 0 atom stereocenters. The van der Waals surface area contributed by atoms with E-state index in [0.29, 0.717) is 23.0 Å². The van der Waals surface area contributed by atoms with Crippen LogP contribution in [0.4, 0.5) is 0 Å². The lowest BCUT2D eigenvalue weighted by Gasteiger charge is -2.13. The highest BCUT2D eigenvalue weighted by Gasteiger charge is 2.20. The standard InChI is InChI=1S/C19H13BrN2O3.C6H15N/c20-11-5-6-13-15(8-11)22-16(18(23)17(13)19(24)25)7-10-9-21-14-4-2-1-3-12(10)14;1-4-7(5-2)6-3/h1-6,8-9,21,23H,7H2,(H,24,25);4-6H2,1-3H3. The SMILES string of the molecule is CCN(CC)CC.O=C(O)c1c(O)c(Cc2c[nH]c3ccccc23)nc2cc(Br)ccc12. The van der Waals surface area contributed by atoms with Crippen molar-refractivity contribution in [2.24, 2.45) is 0 Å². The molecule has 2 aromatic heterocycles. The molecule has 4 aromatic rings. The van der Waals surface area contributed by atoms with Crippen molar-refractivity contribution in [3.8, 4) is 5.75 Å². The Hall–Kier alpha value is -2.90. The predicted molar refractivity (Wildman–Crippen MR) is 133 cm³/mol. The number of benzene rings is 2. The molecule has 0 saturated heterocycles. The van der Waals surface area contributed by atoms with Gasteiger partial charge in [0, 0.05) is 33.4 Å². The molecule has 4 rings (SSSR count). The molecule has 0 fully saturated rings. The molecule has 0 bridgehead atoms. The first-order valence-corrected chi connectivity index (χ1v) is 11.5. The monoisotopic (exact) mass is 497 g/mol. The highest BCUT2D eigenvalue weighted by molar-refractivity contribution is 9.10. The fourth-order valence-corrected chi connectivity index (χ4v) is 4.10. The Labute approximate surface area is 196 Å². The van der Waals surface area contributed by atoms with Gasteiger partial charge in [0.2, 0.25) is 0 Å². The first-order chi connectivity index (χ1) is 15.4. The number of aromatic amines is 1. The summed E-state index contributed by atoms with van der Waals surface area (Å²) in [7, 11) is 0. The lowest BCUT2D eigenvalue weighted by atomic mass is 10.0.